The fourth-order valence-electron chi connectivity index (χ4n) is 1.62. The number of carboxylic acids is 1. The molecule has 0 bridgehead atoms. The Morgan fingerprint density at radius 1 is 1.30 bits per heavy atom. The van der Waals surface area contributed by atoms with Gasteiger partial charge in [-0.2, -0.15) is 0 Å². The first-order valence-corrected chi connectivity index (χ1v) is 7.72. The van der Waals surface area contributed by atoms with E-state index < -0.39 is 5.97 Å². The molecule has 0 aliphatic carbocycles. The van der Waals surface area contributed by atoms with Crippen molar-refractivity contribution in [3.63, 3.8) is 0 Å². The first-order chi connectivity index (χ1) is 9.40. The van der Waals surface area contributed by atoms with Gasteiger partial charge in [0.05, 0.1) is 5.69 Å². The summed E-state index contributed by atoms with van der Waals surface area (Å²) in [6.07, 6.45) is 1.27. The molecular weight excluding hydrogens is 392 g/mol. The van der Waals surface area contributed by atoms with Crippen molar-refractivity contribution in [3.05, 3.63) is 27.1 Å². The van der Waals surface area contributed by atoms with E-state index >= 15 is 0 Å². The predicted octanol–water partition coefficient (Wildman–Crippen LogP) is 3.98. The van der Waals surface area contributed by atoms with Crippen LogP contribution in [0.4, 0.5) is 10.5 Å². The first kappa shape index (κ1) is 17.0. The van der Waals surface area contributed by atoms with Gasteiger partial charge in [0.25, 0.3) is 0 Å². The quantitative estimate of drug-likeness (QED) is 0.667. The molecule has 0 aliphatic heterocycles. The zero-order valence-electron chi connectivity index (χ0n) is 11.0. The van der Waals surface area contributed by atoms with E-state index in [2.05, 4.69) is 42.5 Å². The fourth-order valence-corrected chi connectivity index (χ4v) is 2.82. The van der Waals surface area contributed by atoms with Gasteiger partial charge in [-0.25, -0.2) is 4.79 Å². The highest BCUT2D eigenvalue weighted by molar-refractivity contribution is 9.11. The van der Waals surface area contributed by atoms with E-state index in [0.717, 1.165) is 8.95 Å². The number of benzene rings is 1. The Bertz CT molecular complexity index is 474. The minimum absolute atomic E-state index is 0.0874. The Kier molecular flexibility index (Phi) is 7.01. The van der Waals surface area contributed by atoms with Crippen molar-refractivity contribution in [1.82, 2.24) is 5.32 Å². The van der Waals surface area contributed by atoms with Crippen LogP contribution in [0.5, 0.6) is 0 Å². The topological polar surface area (TPSA) is 78.4 Å². The van der Waals surface area contributed by atoms with Gasteiger partial charge in [0, 0.05) is 21.4 Å². The number of hydrogen-bond acceptors (Lipinski definition) is 2. The molecule has 1 atom stereocenters. The van der Waals surface area contributed by atoms with Crippen LogP contribution in [0.1, 0.15) is 26.2 Å². The number of halogens is 2. The fraction of sp³-hybridized carbons (Fsp3) is 0.385. The number of para-hydroxylation sites is 1. The predicted molar refractivity (Wildman–Crippen MR) is 84.9 cm³/mol. The summed E-state index contributed by atoms with van der Waals surface area (Å²) < 4.78 is 1.56. The summed E-state index contributed by atoms with van der Waals surface area (Å²) in [5.41, 5.74) is 0.655. The van der Waals surface area contributed by atoms with Crippen LogP contribution >= 0.6 is 31.9 Å². The van der Waals surface area contributed by atoms with E-state index in [1.165, 1.54) is 0 Å². The summed E-state index contributed by atoms with van der Waals surface area (Å²) in [5.74, 6) is -0.821. The molecule has 3 N–H and O–H groups in total. The van der Waals surface area contributed by atoms with Gasteiger partial charge in [-0.1, -0.05) is 6.07 Å². The van der Waals surface area contributed by atoms with Crippen molar-refractivity contribution >= 4 is 49.5 Å². The molecule has 1 unspecified atom stereocenters. The summed E-state index contributed by atoms with van der Waals surface area (Å²) in [6, 6.07) is 5.11. The van der Waals surface area contributed by atoms with Gasteiger partial charge in [0.1, 0.15) is 0 Å². The van der Waals surface area contributed by atoms with Crippen molar-refractivity contribution in [1.29, 1.82) is 0 Å². The molecule has 0 fully saturated rings. The van der Waals surface area contributed by atoms with E-state index in [4.69, 9.17) is 5.11 Å². The second kappa shape index (κ2) is 8.26. The van der Waals surface area contributed by atoms with Gasteiger partial charge in [0.15, 0.2) is 0 Å². The number of carboxylic acid groups (broad SMARTS) is 1. The standard InChI is InChI=1S/C13H16Br2N2O3/c1-8(4-2-7-11(18)19)16-13(20)17-12-9(14)5-3-6-10(12)15/h3,5-6,8H,2,4,7H2,1H3,(H,18,19)(H2,16,17,20). The minimum atomic E-state index is -0.821. The highest BCUT2D eigenvalue weighted by Crippen LogP contribution is 2.30. The Balaban J connectivity index is 2.45. The number of nitrogens with one attached hydrogen (secondary N) is 2. The van der Waals surface area contributed by atoms with Crippen LogP contribution in [0, 0.1) is 0 Å². The number of anilines is 1. The smallest absolute Gasteiger partial charge is 0.319 e. The molecule has 7 heteroatoms. The number of rotatable bonds is 6. The molecule has 0 aromatic heterocycles. The molecular formula is C13H16Br2N2O3. The van der Waals surface area contributed by atoms with Gasteiger partial charge in [-0.15, -0.1) is 0 Å². The van der Waals surface area contributed by atoms with Crippen molar-refractivity contribution in [2.75, 3.05) is 5.32 Å². The third-order valence-electron chi connectivity index (χ3n) is 2.61. The van der Waals surface area contributed by atoms with Crippen LogP contribution in [0.15, 0.2) is 27.1 Å². The maximum absolute atomic E-state index is 11.8. The Labute approximate surface area is 134 Å². The molecule has 2 amide bonds. The lowest BCUT2D eigenvalue weighted by atomic mass is 10.1. The lowest BCUT2D eigenvalue weighted by Crippen LogP contribution is -2.36. The molecule has 20 heavy (non-hydrogen) atoms. The average Bonchev–Trinajstić information content (AvgIpc) is 2.33. The molecule has 0 spiro atoms. The number of amides is 2. The summed E-state index contributed by atoms with van der Waals surface area (Å²) >= 11 is 6.72. The minimum Gasteiger partial charge on any atom is -0.481 e. The van der Waals surface area contributed by atoms with Gasteiger partial charge < -0.3 is 15.7 Å². The van der Waals surface area contributed by atoms with Gasteiger partial charge in [-0.05, 0) is 63.8 Å². The second-order valence-electron chi connectivity index (χ2n) is 4.38. The molecule has 0 saturated carbocycles. The van der Waals surface area contributed by atoms with Crippen molar-refractivity contribution in [3.8, 4) is 0 Å². The summed E-state index contributed by atoms with van der Waals surface area (Å²) in [4.78, 5) is 22.3. The molecule has 0 aliphatic rings. The average molecular weight is 408 g/mol. The number of aliphatic carboxylic acids is 1. The molecule has 1 rings (SSSR count). The Hall–Kier alpha value is -1.08. The Morgan fingerprint density at radius 2 is 1.90 bits per heavy atom. The molecule has 0 radical (unpaired) electrons. The number of hydrogen-bond donors (Lipinski definition) is 3. The normalized spacial score (nSPS) is 11.8. The van der Waals surface area contributed by atoms with Crippen molar-refractivity contribution in [2.24, 2.45) is 0 Å². The van der Waals surface area contributed by atoms with Crippen LogP contribution < -0.4 is 10.6 Å². The third kappa shape index (κ3) is 5.92. The summed E-state index contributed by atoms with van der Waals surface area (Å²) in [7, 11) is 0. The molecule has 110 valence electrons. The molecule has 1 aromatic rings. The first-order valence-electron chi connectivity index (χ1n) is 6.13. The van der Waals surface area contributed by atoms with Crippen LogP contribution in [-0.2, 0) is 4.79 Å². The van der Waals surface area contributed by atoms with Gasteiger partial charge in [0.2, 0.25) is 0 Å². The van der Waals surface area contributed by atoms with Crippen LogP contribution in [0.25, 0.3) is 0 Å². The van der Waals surface area contributed by atoms with Crippen molar-refractivity contribution < 1.29 is 14.7 Å². The van der Waals surface area contributed by atoms with Gasteiger partial charge >= 0.3 is 12.0 Å². The highest BCUT2D eigenvalue weighted by Gasteiger charge is 2.11. The van der Waals surface area contributed by atoms with Gasteiger partial charge in [-0.3, -0.25) is 4.79 Å². The zero-order valence-corrected chi connectivity index (χ0v) is 14.1. The van der Waals surface area contributed by atoms with E-state index in [-0.39, 0.29) is 18.5 Å². The lowest BCUT2D eigenvalue weighted by Gasteiger charge is -2.15. The number of carbonyl (C=O) groups excluding carboxylic acids is 1. The maximum atomic E-state index is 11.8. The van der Waals surface area contributed by atoms with Crippen LogP contribution in [-0.4, -0.2) is 23.1 Å². The summed E-state index contributed by atoms with van der Waals surface area (Å²) in [6.45, 7) is 1.84. The molecule has 0 saturated heterocycles. The van der Waals surface area contributed by atoms with E-state index in [0.29, 0.717) is 18.5 Å². The monoisotopic (exact) mass is 406 g/mol. The third-order valence-corrected chi connectivity index (χ3v) is 3.93. The maximum Gasteiger partial charge on any atom is 0.319 e. The zero-order chi connectivity index (χ0) is 15.1. The van der Waals surface area contributed by atoms with Crippen molar-refractivity contribution in [2.45, 2.75) is 32.2 Å². The van der Waals surface area contributed by atoms with E-state index in [1.54, 1.807) is 0 Å². The number of carbonyl (C=O) groups is 2. The highest BCUT2D eigenvalue weighted by atomic mass is 79.9. The summed E-state index contributed by atoms with van der Waals surface area (Å²) in [5, 5.41) is 14.1. The Morgan fingerprint density at radius 3 is 2.45 bits per heavy atom. The van der Waals surface area contributed by atoms with E-state index in [9.17, 15) is 9.59 Å². The number of urea groups is 1. The molecule has 1 aromatic carbocycles. The van der Waals surface area contributed by atoms with E-state index in [1.807, 2.05) is 25.1 Å². The molecule has 0 heterocycles. The van der Waals surface area contributed by atoms with Crippen LogP contribution in [0.3, 0.4) is 0 Å². The van der Waals surface area contributed by atoms with Crippen LogP contribution in [0.2, 0.25) is 0 Å². The SMILES string of the molecule is CC(CCCC(=O)O)NC(=O)Nc1c(Br)cccc1Br. The second-order valence-corrected chi connectivity index (χ2v) is 6.09. The lowest BCUT2D eigenvalue weighted by molar-refractivity contribution is -0.137. The molecule has 5 nitrogen and oxygen atoms in total. The largest absolute Gasteiger partial charge is 0.481 e.